The van der Waals surface area contributed by atoms with Gasteiger partial charge in [0.05, 0.1) is 13.2 Å². The second-order valence-electron chi connectivity index (χ2n) is 7.17. The maximum atomic E-state index is 12.1. The molecule has 31 heavy (non-hydrogen) atoms. The quantitative estimate of drug-likeness (QED) is 0.276. The number of rotatable bonds is 12. The van der Waals surface area contributed by atoms with Gasteiger partial charge in [0.25, 0.3) is 0 Å². The van der Waals surface area contributed by atoms with Crippen LogP contribution in [0.3, 0.4) is 0 Å². The van der Waals surface area contributed by atoms with Gasteiger partial charge in [-0.3, -0.25) is 9.79 Å². The number of aliphatic imine (C=N–C) groups is 1. The van der Waals surface area contributed by atoms with Crippen molar-refractivity contribution >= 4 is 11.9 Å². The van der Waals surface area contributed by atoms with Crippen LogP contribution in [0.4, 0.5) is 0 Å². The van der Waals surface area contributed by atoms with Crippen molar-refractivity contribution in [2.24, 2.45) is 4.99 Å². The van der Waals surface area contributed by atoms with E-state index in [1.54, 1.807) is 14.2 Å². The van der Waals surface area contributed by atoms with Crippen molar-refractivity contribution in [3.63, 3.8) is 0 Å². The van der Waals surface area contributed by atoms with E-state index in [1.165, 1.54) is 5.56 Å². The van der Waals surface area contributed by atoms with Crippen molar-refractivity contribution in [3.8, 4) is 5.75 Å². The molecule has 2 aromatic rings. The van der Waals surface area contributed by atoms with Gasteiger partial charge in [0.1, 0.15) is 5.75 Å². The van der Waals surface area contributed by atoms with E-state index >= 15 is 0 Å². The van der Waals surface area contributed by atoms with Crippen molar-refractivity contribution in [1.29, 1.82) is 0 Å². The summed E-state index contributed by atoms with van der Waals surface area (Å²) in [5, 5.41) is 9.21. The van der Waals surface area contributed by atoms with Crippen LogP contribution in [0.25, 0.3) is 0 Å². The standard InChI is InChI=1S/C24H34N4O3/c1-19-10-11-21(22(16-19)31-15-7-14-30-3)17-27-24(25-2)28-18-23(29)26-13-12-20-8-5-4-6-9-20/h4-6,8-11,16H,7,12-15,17-18H2,1-3H3,(H,26,29)(H2,25,27,28). The molecule has 0 radical (unpaired) electrons. The minimum Gasteiger partial charge on any atom is -0.493 e. The summed E-state index contributed by atoms with van der Waals surface area (Å²) in [6.07, 6.45) is 1.64. The van der Waals surface area contributed by atoms with E-state index in [0.717, 1.165) is 29.7 Å². The number of methoxy groups -OCH3 is 1. The Bertz CT molecular complexity index is 825. The molecule has 0 aliphatic carbocycles. The second-order valence-corrected chi connectivity index (χ2v) is 7.17. The van der Waals surface area contributed by atoms with Gasteiger partial charge in [-0.25, -0.2) is 0 Å². The molecule has 2 rings (SSSR count). The average Bonchev–Trinajstić information content (AvgIpc) is 2.78. The first-order valence-electron chi connectivity index (χ1n) is 10.6. The third-order valence-electron chi connectivity index (χ3n) is 4.64. The molecule has 7 nitrogen and oxygen atoms in total. The van der Waals surface area contributed by atoms with Crippen molar-refractivity contribution in [2.75, 3.05) is 40.5 Å². The van der Waals surface area contributed by atoms with E-state index in [2.05, 4.69) is 39.1 Å². The molecule has 0 atom stereocenters. The predicted octanol–water partition coefficient (Wildman–Crippen LogP) is 2.43. The zero-order valence-corrected chi connectivity index (χ0v) is 18.7. The monoisotopic (exact) mass is 426 g/mol. The summed E-state index contributed by atoms with van der Waals surface area (Å²) in [6.45, 7) is 4.60. The molecular formula is C24H34N4O3. The first-order valence-corrected chi connectivity index (χ1v) is 10.6. The number of benzene rings is 2. The summed E-state index contributed by atoms with van der Waals surface area (Å²) < 4.78 is 11.0. The van der Waals surface area contributed by atoms with Crippen LogP contribution in [0.5, 0.6) is 5.75 Å². The van der Waals surface area contributed by atoms with Crippen LogP contribution in [0.15, 0.2) is 53.5 Å². The number of nitrogens with zero attached hydrogens (tertiary/aromatic N) is 1. The molecule has 0 unspecified atom stereocenters. The Balaban J connectivity index is 1.75. The topological polar surface area (TPSA) is 84.0 Å². The lowest BCUT2D eigenvalue weighted by Gasteiger charge is -2.15. The molecule has 0 aliphatic rings. The molecule has 168 valence electrons. The molecule has 3 N–H and O–H groups in total. The lowest BCUT2D eigenvalue weighted by molar-refractivity contribution is -0.119. The van der Waals surface area contributed by atoms with E-state index in [4.69, 9.17) is 9.47 Å². The summed E-state index contributed by atoms with van der Waals surface area (Å²) in [6, 6.07) is 16.2. The average molecular weight is 427 g/mol. The first kappa shape index (κ1) is 24.2. The van der Waals surface area contributed by atoms with Gasteiger partial charge in [-0.05, 0) is 30.5 Å². The van der Waals surface area contributed by atoms with Gasteiger partial charge in [0.2, 0.25) is 5.91 Å². The van der Waals surface area contributed by atoms with Crippen LogP contribution >= 0.6 is 0 Å². The van der Waals surface area contributed by atoms with Gasteiger partial charge in [0.15, 0.2) is 5.96 Å². The minimum atomic E-state index is -0.0728. The number of amides is 1. The smallest absolute Gasteiger partial charge is 0.239 e. The number of carbonyl (C=O) groups is 1. The zero-order chi connectivity index (χ0) is 22.3. The summed E-state index contributed by atoms with van der Waals surface area (Å²) in [5.41, 5.74) is 3.37. The third kappa shape index (κ3) is 9.53. The lowest BCUT2D eigenvalue weighted by atomic mass is 10.1. The van der Waals surface area contributed by atoms with Gasteiger partial charge < -0.3 is 25.4 Å². The van der Waals surface area contributed by atoms with Crippen molar-refractivity contribution in [1.82, 2.24) is 16.0 Å². The van der Waals surface area contributed by atoms with Crippen LogP contribution in [-0.2, 0) is 22.5 Å². The van der Waals surface area contributed by atoms with Crippen LogP contribution in [0.1, 0.15) is 23.1 Å². The molecule has 2 aromatic carbocycles. The predicted molar refractivity (Wildman–Crippen MR) is 125 cm³/mol. The summed E-state index contributed by atoms with van der Waals surface area (Å²) in [5.74, 6) is 1.33. The number of hydrogen-bond donors (Lipinski definition) is 3. The van der Waals surface area contributed by atoms with E-state index in [-0.39, 0.29) is 12.5 Å². The zero-order valence-electron chi connectivity index (χ0n) is 18.7. The Morgan fingerprint density at radius 3 is 2.58 bits per heavy atom. The maximum Gasteiger partial charge on any atom is 0.239 e. The fourth-order valence-electron chi connectivity index (χ4n) is 2.94. The SMILES string of the molecule is CN=C(NCC(=O)NCCc1ccccc1)NCc1ccc(C)cc1OCCCOC. The summed E-state index contributed by atoms with van der Waals surface area (Å²) >= 11 is 0. The maximum absolute atomic E-state index is 12.1. The molecule has 0 aromatic heterocycles. The normalized spacial score (nSPS) is 11.1. The van der Waals surface area contributed by atoms with Crippen LogP contribution in [0.2, 0.25) is 0 Å². The largest absolute Gasteiger partial charge is 0.493 e. The van der Waals surface area contributed by atoms with E-state index in [0.29, 0.717) is 32.3 Å². The molecule has 0 aliphatic heterocycles. The molecule has 0 saturated heterocycles. The number of hydrogen-bond acceptors (Lipinski definition) is 4. The Hall–Kier alpha value is -3.06. The number of nitrogens with one attached hydrogen (secondary N) is 3. The Morgan fingerprint density at radius 2 is 1.84 bits per heavy atom. The number of carbonyl (C=O) groups excluding carboxylic acids is 1. The van der Waals surface area contributed by atoms with Crippen LogP contribution in [0, 0.1) is 6.92 Å². The van der Waals surface area contributed by atoms with E-state index < -0.39 is 0 Å². The number of ether oxygens (including phenoxy) is 2. The van der Waals surface area contributed by atoms with Crippen molar-refractivity contribution in [3.05, 3.63) is 65.2 Å². The minimum absolute atomic E-state index is 0.0728. The van der Waals surface area contributed by atoms with E-state index in [9.17, 15) is 4.79 Å². The highest BCUT2D eigenvalue weighted by Gasteiger charge is 2.07. The van der Waals surface area contributed by atoms with E-state index in [1.807, 2.05) is 37.3 Å². The van der Waals surface area contributed by atoms with Crippen LogP contribution < -0.4 is 20.7 Å². The Morgan fingerprint density at radius 1 is 1.03 bits per heavy atom. The molecule has 0 bridgehead atoms. The van der Waals surface area contributed by atoms with Gasteiger partial charge in [-0.2, -0.15) is 0 Å². The first-order chi connectivity index (χ1) is 15.1. The number of guanidine groups is 1. The molecule has 0 heterocycles. The summed E-state index contributed by atoms with van der Waals surface area (Å²) in [7, 11) is 3.37. The molecule has 0 spiro atoms. The van der Waals surface area contributed by atoms with Gasteiger partial charge in [-0.15, -0.1) is 0 Å². The molecule has 0 fully saturated rings. The Labute approximate surface area is 185 Å². The fourth-order valence-corrected chi connectivity index (χ4v) is 2.94. The lowest BCUT2D eigenvalue weighted by Crippen LogP contribution is -2.43. The van der Waals surface area contributed by atoms with Crippen molar-refractivity contribution < 1.29 is 14.3 Å². The van der Waals surface area contributed by atoms with Crippen molar-refractivity contribution in [2.45, 2.75) is 26.3 Å². The second kappa shape index (κ2) is 14.0. The Kier molecular flexibility index (Phi) is 11.0. The molecule has 0 saturated carbocycles. The summed E-state index contributed by atoms with van der Waals surface area (Å²) in [4.78, 5) is 16.3. The third-order valence-corrected chi connectivity index (χ3v) is 4.64. The highest BCUT2D eigenvalue weighted by Crippen LogP contribution is 2.20. The van der Waals surface area contributed by atoms with Gasteiger partial charge >= 0.3 is 0 Å². The molecule has 7 heteroatoms. The number of aryl methyl sites for hydroxylation is 1. The molecular weight excluding hydrogens is 392 g/mol. The van der Waals surface area contributed by atoms with Crippen LogP contribution in [-0.4, -0.2) is 52.3 Å². The molecule has 1 amide bonds. The highest BCUT2D eigenvalue weighted by atomic mass is 16.5. The fraction of sp³-hybridized carbons (Fsp3) is 0.417. The van der Waals surface area contributed by atoms with Gasteiger partial charge in [-0.1, -0.05) is 42.5 Å². The van der Waals surface area contributed by atoms with Gasteiger partial charge in [0, 0.05) is 45.8 Å². The highest BCUT2D eigenvalue weighted by molar-refractivity contribution is 5.86.